The van der Waals surface area contributed by atoms with Crippen molar-refractivity contribution in [3.05, 3.63) is 5.89 Å². The maximum atomic E-state index is 10.3. The molecule has 1 aromatic heterocycles. The maximum absolute atomic E-state index is 10.3. The van der Waals surface area contributed by atoms with Crippen molar-refractivity contribution in [1.82, 2.24) is 10.1 Å². The van der Waals surface area contributed by atoms with Crippen LogP contribution >= 0.6 is 0 Å². The van der Waals surface area contributed by atoms with Crippen LogP contribution in [-0.2, 0) is 11.2 Å². The smallest absolute Gasteiger partial charge is 0.303 e. The van der Waals surface area contributed by atoms with Gasteiger partial charge in [-0.15, -0.1) is 0 Å². The molecule has 1 aromatic rings. The minimum Gasteiger partial charge on any atom is -0.481 e. The summed E-state index contributed by atoms with van der Waals surface area (Å²) < 4.78 is 4.96. The molecule has 0 amide bonds. The predicted molar refractivity (Wildman–Crippen MR) is 51.7 cm³/mol. The Balaban J connectivity index is 1.94. The average molecular weight is 211 g/mol. The first-order valence-electron chi connectivity index (χ1n) is 5.05. The van der Waals surface area contributed by atoms with Crippen molar-refractivity contribution in [3.63, 3.8) is 0 Å². The Bertz CT molecular complexity index is 344. The molecule has 2 rings (SSSR count). The Morgan fingerprint density at radius 1 is 1.47 bits per heavy atom. The molecule has 1 saturated heterocycles. The molecule has 82 valence electrons. The number of aliphatic carboxylic acids is 1. The summed E-state index contributed by atoms with van der Waals surface area (Å²) >= 11 is 0. The highest BCUT2D eigenvalue weighted by atomic mass is 16.5. The third-order valence-corrected chi connectivity index (χ3v) is 2.40. The Morgan fingerprint density at radius 3 is 2.87 bits per heavy atom. The van der Waals surface area contributed by atoms with Crippen LogP contribution in [-0.4, -0.2) is 34.3 Å². The van der Waals surface area contributed by atoms with Crippen molar-refractivity contribution in [3.8, 4) is 0 Å². The zero-order valence-electron chi connectivity index (χ0n) is 8.35. The van der Waals surface area contributed by atoms with Gasteiger partial charge in [-0.3, -0.25) is 4.79 Å². The summed E-state index contributed by atoms with van der Waals surface area (Å²) in [5, 5.41) is 12.3. The quantitative estimate of drug-likeness (QED) is 0.789. The molecule has 6 nitrogen and oxygen atoms in total. The predicted octanol–water partition coefficient (Wildman–Crippen LogP) is 0.687. The number of hydrogen-bond acceptors (Lipinski definition) is 5. The van der Waals surface area contributed by atoms with Gasteiger partial charge in [-0.25, -0.2) is 0 Å². The highest BCUT2D eigenvalue weighted by Gasteiger charge is 2.18. The summed E-state index contributed by atoms with van der Waals surface area (Å²) in [6, 6.07) is 0. The van der Waals surface area contributed by atoms with Crippen molar-refractivity contribution >= 4 is 11.9 Å². The largest absolute Gasteiger partial charge is 0.481 e. The fourth-order valence-corrected chi connectivity index (χ4v) is 1.61. The first-order chi connectivity index (χ1) is 7.25. The number of anilines is 1. The van der Waals surface area contributed by atoms with Crippen molar-refractivity contribution in [2.45, 2.75) is 25.7 Å². The van der Waals surface area contributed by atoms with Crippen LogP contribution in [0.1, 0.15) is 25.2 Å². The summed E-state index contributed by atoms with van der Waals surface area (Å²) in [6.07, 6.45) is 2.63. The molecule has 0 radical (unpaired) electrons. The van der Waals surface area contributed by atoms with Crippen molar-refractivity contribution in [2.24, 2.45) is 0 Å². The average Bonchev–Trinajstić information content (AvgIpc) is 2.85. The van der Waals surface area contributed by atoms with Gasteiger partial charge in [0.25, 0.3) is 5.95 Å². The van der Waals surface area contributed by atoms with E-state index in [1.54, 1.807) is 0 Å². The van der Waals surface area contributed by atoms with E-state index in [-0.39, 0.29) is 6.42 Å². The number of rotatable bonds is 4. The first kappa shape index (κ1) is 9.95. The number of nitrogens with zero attached hydrogens (tertiary/aromatic N) is 3. The number of aryl methyl sites for hydroxylation is 1. The molecule has 0 aromatic carbocycles. The minimum atomic E-state index is -0.851. The Kier molecular flexibility index (Phi) is 2.84. The highest BCUT2D eigenvalue weighted by Crippen LogP contribution is 2.16. The van der Waals surface area contributed by atoms with Gasteiger partial charge < -0.3 is 14.5 Å². The van der Waals surface area contributed by atoms with E-state index in [2.05, 4.69) is 10.1 Å². The summed E-state index contributed by atoms with van der Waals surface area (Å²) in [4.78, 5) is 16.5. The maximum Gasteiger partial charge on any atom is 0.303 e. The molecule has 0 bridgehead atoms. The first-order valence-corrected chi connectivity index (χ1v) is 5.05. The van der Waals surface area contributed by atoms with Gasteiger partial charge in [0.1, 0.15) is 0 Å². The van der Waals surface area contributed by atoms with E-state index in [0.29, 0.717) is 18.3 Å². The minimum absolute atomic E-state index is 0.0294. The third kappa shape index (κ3) is 2.45. The van der Waals surface area contributed by atoms with Crippen molar-refractivity contribution in [1.29, 1.82) is 0 Å². The summed E-state index contributed by atoms with van der Waals surface area (Å²) in [7, 11) is 0. The molecule has 2 heterocycles. The van der Waals surface area contributed by atoms with E-state index in [9.17, 15) is 4.79 Å². The van der Waals surface area contributed by atoms with Crippen LogP contribution in [0.4, 0.5) is 5.95 Å². The van der Waals surface area contributed by atoms with E-state index >= 15 is 0 Å². The molecule has 0 aliphatic carbocycles. The van der Waals surface area contributed by atoms with E-state index in [4.69, 9.17) is 9.63 Å². The van der Waals surface area contributed by atoms with Gasteiger partial charge in [-0.05, 0) is 18.0 Å². The number of carboxylic acids is 1. The van der Waals surface area contributed by atoms with Crippen LogP contribution in [0.5, 0.6) is 0 Å². The van der Waals surface area contributed by atoms with Crippen LogP contribution in [0.15, 0.2) is 4.52 Å². The summed E-state index contributed by atoms with van der Waals surface area (Å²) in [5.74, 6) is 0.142. The second-order valence-corrected chi connectivity index (χ2v) is 3.58. The molecule has 1 N–H and O–H groups in total. The molecular formula is C9H13N3O3. The topological polar surface area (TPSA) is 79.5 Å². The normalized spacial score (nSPS) is 15.9. The standard InChI is InChI=1S/C9H13N3O3/c13-8(14)4-3-7-10-9(11-15-7)12-5-1-2-6-12/h1-6H2,(H,13,14). The lowest BCUT2D eigenvalue weighted by molar-refractivity contribution is -0.137. The van der Waals surface area contributed by atoms with E-state index < -0.39 is 5.97 Å². The highest BCUT2D eigenvalue weighted by molar-refractivity contribution is 5.66. The SMILES string of the molecule is O=C(O)CCc1nc(N2CCCC2)no1. The number of hydrogen-bond donors (Lipinski definition) is 1. The number of aromatic nitrogens is 2. The Hall–Kier alpha value is -1.59. The molecular weight excluding hydrogens is 198 g/mol. The molecule has 1 aliphatic rings. The molecule has 6 heteroatoms. The van der Waals surface area contributed by atoms with Gasteiger partial charge >= 0.3 is 5.97 Å². The second kappa shape index (κ2) is 4.29. The molecule has 0 atom stereocenters. The number of carboxylic acid groups (broad SMARTS) is 1. The van der Waals surface area contributed by atoms with Gasteiger partial charge in [-0.2, -0.15) is 4.98 Å². The van der Waals surface area contributed by atoms with Crippen LogP contribution < -0.4 is 4.90 Å². The monoisotopic (exact) mass is 211 g/mol. The molecule has 0 spiro atoms. The van der Waals surface area contributed by atoms with Gasteiger partial charge in [0.05, 0.1) is 6.42 Å². The fourth-order valence-electron chi connectivity index (χ4n) is 1.61. The van der Waals surface area contributed by atoms with Crippen molar-refractivity contribution < 1.29 is 14.4 Å². The van der Waals surface area contributed by atoms with Gasteiger partial charge in [0.2, 0.25) is 5.89 Å². The molecule has 15 heavy (non-hydrogen) atoms. The Labute approximate surface area is 86.9 Å². The van der Waals surface area contributed by atoms with Gasteiger partial charge in [0.15, 0.2) is 0 Å². The second-order valence-electron chi connectivity index (χ2n) is 3.58. The third-order valence-electron chi connectivity index (χ3n) is 2.40. The van der Waals surface area contributed by atoms with E-state index in [0.717, 1.165) is 25.9 Å². The lowest BCUT2D eigenvalue weighted by Crippen LogP contribution is -2.18. The zero-order chi connectivity index (χ0) is 10.7. The molecule has 0 saturated carbocycles. The van der Waals surface area contributed by atoms with E-state index in [1.165, 1.54) is 0 Å². The lowest BCUT2D eigenvalue weighted by atomic mass is 10.3. The van der Waals surface area contributed by atoms with Crippen LogP contribution in [0, 0.1) is 0 Å². The van der Waals surface area contributed by atoms with Gasteiger partial charge in [0, 0.05) is 19.5 Å². The van der Waals surface area contributed by atoms with Crippen LogP contribution in [0.25, 0.3) is 0 Å². The Morgan fingerprint density at radius 2 is 2.20 bits per heavy atom. The van der Waals surface area contributed by atoms with Gasteiger partial charge in [-0.1, -0.05) is 0 Å². The molecule has 0 unspecified atom stereocenters. The van der Waals surface area contributed by atoms with Crippen LogP contribution in [0.2, 0.25) is 0 Å². The summed E-state index contributed by atoms with van der Waals surface area (Å²) in [5.41, 5.74) is 0. The van der Waals surface area contributed by atoms with E-state index in [1.807, 2.05) is 4.90 Å². The summed E-state index contributed by atoms with van der Waals surface area (Å²) in [6.45, 7) is 1.91. The fraction of sp³-hybridized carbons (Fsp3) is 0.667. The van der Waals surface area contributed by atoms with Crippen LogP contribution in [0.3, 0.4) is 0 Å². The molecule has 1 fully saturated rings. The zero-order valence-corrected chi connectivity index (χ0v) is 8.35. The lowest BCUT2D eigenvalue weighted by Gasteiger charge is -2.09. The molecule has 1 aliphatic heterocycles. The number of carbonyl (C=O) groups is 1. The van der Waals surface area contributed by atoms with Crippen molar-refractivity contribution in [2.75, 3.05) is 18.0 Å².